The Morgan fingerprint density at radius 1 is 0.938 bits per heavy atom. The number of carbonyl (C=O) groups excluding carboxylic acids is 2. The molecule has 1 aromatic heterocycles. The lowest BCUT2D eigenvalue weighted by molar-refractivity contribution is -0.138. The van der Waals surface area contributed by atoms with Gasteiger partial charge in [-0.1, -0.05) is 23.7 Å². The zero-order chi connectivity index (χ0) is 22.1. The number of fused-ring (bicyclic) bond motifs is 1. The van der Waals surface area contributed by atoms with Crippen LogP contribution in [-0.4, -0.2) is 52.8 Å². The summed E-state index contributed by atoms with van der Waals surface area (Å²) >= 11 is 7.70. The molecule has 2 aliphatic rings. The average Bonchev–Trinajstić information content (AvgIpc) is 3.28. The standard InChI is InChI=1S/C25H26ClN3O2S/c26-20-11-9-17(10-12-20)24(30)29-14-4-6-19(16-29)25(31)28-13-3-5-18(15-28)23-27-21-7-1-2-8-22(21)32-23/h1-2,7-12,18-19H,3-6,13-16H2. The first kappa shape index (κ1) is 21.4. The molecule has 2 amide bonds. The van der Waals surface area contributed by atoms with E-state index in [0.29, 0.717) is 29.6 Å². The molecule has 2 fully saturated rings. The fraction of sp³-hybridized carbons (Fsp3) is 0.400. The fourth-order valence-corrected chi connectivity index (χ4v) is 6.06. The molecular formula is C25H26ClN3O2S. The summed E-state index contributed by atoms with van der Waals surface area (Å²) < 4.78 is 1.20. The van der Waals surface area contributed by atoms with E-state index in [4.69, 9.17) is 16.6 Å². The molecule has 0 aliphatic carbocycles. The zero-order valence-corrected chi connectivity index (χ0v) is 19.4. The maximum atomic E-state index is 13.4. The molecule has 0 radical (unpaired) electrons. The minimum atomic E-state index is -0.130. The number of carbonyl (C=O) groups is 2. The van der Waals surface area contributed by atoms with Gasteiger partial charge in [-0.25, -0.2) is 4.98 Å². The number of thiazole rings is 1. The number of piperidine rings is 2. The van der Waals surface area contributed by atoms with E-state index in [1.54, 1.807) is 35.6 Å². The van der Waals surface area contributed by atoms with Crippen molar-refractivity contribution in [2.24, 2.45) is 5.92 Å². The van der Waals surface area contributed by atoms with E-state index in [9.17, 15) is 9.59 Å². The number of nitrogens with zero attached hydrogens (tertiary/aromatic N) is 3. The second-order valence-corrected chi connectivity index (χ2v) is 10.2. The lowest BCUT2D eigenvalue weighted by Gasteiger charge is -2.38. The summed E-state index contributed by atoms with van der Waals surface area (Å²) in [6.45, 7) is 2.70. The molecule has 0 spiro atoms. The van der Waals surface area contributed by atoms with Gasteiger partial charge in [0.05, 0.1) is 21.1 Å². The van der Waals surface area contributed by atoms with Crippen molar-refractivity contribution in [1.29, 1.82) is 0 Å². The summed E-state index contributed by atoms with van der Waals surface area (Å²) in [5.41, 5.74) is 1.66. The van der Waals surface area contributed by atoms with Crippen LogP contribution in [0.1, 0.15) is 47.0 Å². The molecule has 3 heterocycles. The third kappa shape index (κ3) is 4.39. The van der Waals surface area contributed by atoms with Crippen LogP contribution in [-0.2, 0) is 4.79 Å². The van der Waals surface area contributed by atoms with Gasteiger partial charge < -0.3 is 9.80 Å². The van der Waals surface area contributed by atoms with Crippen molar-refractivity contribution in [2.45, 2.75) is 31.6 Å². The molecule has 32 heavy (non-hydrogen) atoms. The Labute approximate surface area is 197 Å². The molecule has 2 unspecified atom stereocenters. The van der Waals surface area contributed by atoms with Crippen LogP contribution in [0.25, 0.3) is 10.2 Å². The normalized spacial score (nSPS) is 21.7. The predicted octanol–water partition coefficient (Wildman–Crippen LogP) is 5.21. The highest BCUT2D eigenvalue weighted by Gasteiger charge is 2.34. The molecule has 7 heteroatoms. The monoisotopic (exact) mass is 467 g/mol. The van der Waals surface area contributed by atoms with Crippen molar-refractivity contribution in [3.05, 3.63) is 64.1 Å². The second-order valence-electron chi connectivity index (χ2n) is 8.74. The van der Waals surface area contributed by atoms with Gasteiger partial charge in [0.1, 0.15) is 0 Å². The third-order valence-corrected chi connectivity index (χ3v) is 7.99. The van der Waals surface area contributed by atoms with Crippen LogP contribution in [0.3, 0.4) is 0 Å². The molecule has 5 rings (SSSR count). The van der Waals surface area contributed by atoms with Crippen LogP contribution in [0, 0.1) is 5.92 Å². The topological polar surface area (TPSA) is 53.5 Å². The Morgan fingerprint density at radius 3 is 2.50 bits per heavy atom. The summed E-state index contributed by atoms with van der Waals surface area (Å²) in [5, 5.41) is 1.74. The maximum Gasteiger partial charge on any atom is 0.253 e. The van der Waals surface area contributed by atoms with Gasteiger partial charge in [0.2, 0.25) is 5.91 Å². The largest absolute Gasteiger partial charge is 0.342 e. The van der Waals surface area contributed by atoms with Crippen LogP contribution >= 0.6 is 22.9 Å². The van der Waals surface area contributed by atoms with Crippen molar-refractivity contribution >= 4 is 45.0 Å². The molecule has 2 aromatic carbocycles. The van der Waals surface area contributed by atoms with Crippen LogP contribution in [0.2, 0.25) is 5.02 Å². The van der Waals surface area contributed by atoms with Crippen molar-refractivity contribution in [3.8, 4) is 0 Å². The van der Waals surface area contributed by atoms with Gasteiger partial charge in [-0.05, 0) is 62.1 Å². The molecule has 3 aromatic rings. The number of halogens is 1. The minimum absolute atomic E-state index is 0.0230. The number of amides is 2. The summed E-state index contributed by atoms with van der Waals surface area (Å²) in [6.07, 6.45) is 3.75. The first-order chi connectivity index (χ1) is 15.6. The molecule has 166 valence electrons. The van der Waals surface area contributed by atoms with Gasteiger partial charge in [0, 0.05) is 42.7 Å². The molecular weight excluding hydrogens is 442 g/mol. The highest BCUT2D eigenvalue weighted by atomic mass is 35.5. The van der Waals surface area contributed by atoms with Crippen LogP contribution in [0.15, 0.2) is 48.5 Å². The number of hydrogen-bond donors (Lipinski definition) is 0. The number of benzene rings is 2. The SMILES string of the molecule is O=C(c1ccc(Cl)cc1)N1CCCC(C(=O)N2CCCC(c3nc4ccccc4s3)C2)C1. The van der Waals surface area contributed by atoms with E-state index in [2.05, 4.69) is 12.1 Å². The van der Waals surface area contributed by atoms with Crippen molar-refractivity contribution in [3.63, 3.8) is 0 Å². The summed E-state index contributed by atoms with van der Waals surface area (Å²) in [4.78, 5) is 35.0. The lowest BCUT2D eigenvalue weighted by atomic mass is 9.93. The van der Waals surface area contributed by atoms with E-state index in [0.717, 1.165) is 49.3 Å². The van der Waals surface area contributed by atoms with Gasteiger partial charge >= 0.3 is 0 Å². The number of rotatable bonds is 3. The fourth-order valence-electron chi connectivity index (χ4n) is 4.84. The first-order valence-electron chi connectivity index (χ1n) is 11.3. The number of likely N-dealkylation sites (tertiary alicyclic amines) is 2. The molecule has 2 atom stereocenters. The number of aromatic nitrogens is 1. The summed E-state index contributed by atoms with van der Waals surface area (Å²) in [6, 6.07) is 15.2. The first-order valence-corrected chi connectivity index (χ1v) is 12.5. The van der Waals surface area contributed by atoms with Gasteiger partial charge in [-0.15, -0.1) is 11.3 Å². The van der Waals surface area contributed by atoms with E-state index in [1.165, 1.54) is 4.70 Å². The van der Waals surface area contributed by atoms with Gasteiger partial charge in [0.15, 0.2) is 0 Å². The highest BCUT2D eigenvalue weighted by molar-refractivity contribution is 7.18. The Balaban J connectivity index is 1.25. The number of para-hydroxylation sites is 1. The van der Waals surface area contributed by atoms with Crippen LogP contribution < -0.4 is 0 Å². The van der Waals surface area contributed by atoms with Crippen LogP contribution in [0.4, 0.5) is 0 Å². The predicted molar refractivity (Wildman–Crippen MR) is 128 cm³/mol. The highest BCUT2D eigenvalue weighted by Crippen LogP contribution is 2.34. The Hall–Kier alpha value is -2.44. The minimum Gasteiger partial charge on any atom is -0.342 e. The Morgan fingerprint density at radius 2 is 1.69 bits per heavy atom. The van der Waals surface area contributed by atoms with Crippen molar-refractivity contribution in [1.82, 2.24) is 14.8 Å². The van der Waals surface area contributed by atoms with Gasteiger partial charge in [-0.3, -0.25) is 9.59 Å². The molecule has 0 saturated carbocycles. The average molecular weight is 468 g/mol. The van der Waals surface area contributed by atoms with Gasteiger partial charge in [0.25, 0.3) is 5.91 Å². The molecule has 0 N–H and O–H groups in total. The Bertz CT molecular complexity index is 1100. The van der Waals surface area contributed by atoms with Crippen molar-refractivity contribution in [2.75, 3.05) is 26.2 Å². The van der Waals surface area contributed by atoms with E-state index in [1.807, 2.05) is 21.9 Å². The Kier molecular flexibility index (Phi) is 6.15. The molecule has 0 bridgehead atoms. The lowest BCUT2D eigenvalue weighted by Crippen LogP contribution is -2.48. The quantitative estimate of drug-likeness (QED) is 0.531. The molecule has 5 nitrogen and oxygen atoms in total. The molecule has 2 aliphatic heterocycles. The van der Waals surface area contributed by atoms with Crippen LogP contribution in [0.5, 0.6) is 0 Å². The van der Waals surface area contributed by atoms with E-state index in [-0.39, 0.29) is 17.7 Å². The third-order valence-electron chi connectivity index (χ3n) is 6.54. The zero-order valence-electron chi connectivity index (χ0n) is 17.9. The summed E-state index contributed by atoms with van der Waals surface area (Å²) in [5.74, 6) is 0.323. The molecule has 2 saturated heterocycles. The summed E-state index contributed by atoms with van der Waals surface area (Å²) in [7, 11) is 0. The maximum absolute atomic E-state index is 13.4. The number of hydrogen-bond acceptors (Lipinski definition) is 4. The smallest absolute Gasteiger partial charge is 0.253 e. The van der Waals surface area contributed by atoms with Crippen molar-refractivity contribution < 1.29 is 9.59 Å². The van der Waals surface area contributed by atoms with E-state index >= 15 is 0 Å². The van der Waals surface area contributed by atoms with E-state index < -0.39 is 0 Å². The van der Waals surface area contributed by atoms with Gasteiger partial charge in [-0.2, -0.15) is 0 Å². The second kappa shape index (κ2) is 9.20.